The Morgan fingerprint density at radius 1 is 0.484 bits per heavy atom. The number of guanidine groups is 1. The Kier molecular flexibility index (Phi) is 36.4. The van der Waals surface area contributed by atoms with Crippen LogP contribution >= 0.6 is 37.2 Å². The number of nitrogens with one attached hydrogen (secondary N) is 2. The molecular weight excluding hydrogens is 1240 g/mol. The highest BCUT2D eigenvalue weighted by Crippen LogP contribution is 2.22. The number of nitrogens with zero attached hydrogens (tertiary/aromatic N) is 7. The second-order valence-corrected chi connectivity index (χ2v) is 18.6. The summed E-state index contributed by atoms with van der Waals surface area (Å²) in [4.78, 5) is 87.8. The number of hydrogen-bond acceptors (Lipinski definition) is 23. The van der Waals surface area contributed by atoms with Gasteiger partial charge >= 0.3 is 11.9 Å². The minimum absolute atomic E-state index is 0. The lowest BCUT2D eigenvalue weighted by Gasteiger charge is -2.36. The number of benzene rings is 6. The first kappa shape index (κ1) is 78.9. The van der Waals surface area contributed by atoms with E-state index >= 15 is 0 Å². The van der Waals surface area contributed by atoms with Crippen LogP contribution in [0.2, 0.25) is 0 Å². The number of esters is 1. The molecule has 0 atom stereocenters. The smallest absolute Gasteiger partial charge is 0.338 e. The maximum Gasteiger partial charge on any atom is 0.338 e. The third kappa shape index (κ3) is 27.1. The molecule has 6 aromatic carbocycles. The third-order valence-corrected chi connectivity index (χ3v) is 12.4. The molecule has 490 valence electrons. The number of hydrazone groups is 3. The van der Waals surface area contributed by atoms with E-state index in [-0.39, 0.29) is 66.1 Å². The van der Waals surface area contributed by atoms with Crippen LogP contribution in [0.25, 0.3) is 0 Å². The zero-order valence-corrected chi connectivity index (χ0v) is 52.7. The van der Waals surface area contributed by atoms with Gasteiger partial charge in [-0.25, -0.2) is 9.59 Å². The quantitative estimate of drug-likeness (QED) is 0.0112. The van der Waals surface area contributed by atoms with Gasteiger partial charge in [-0.3, -0.25) is 57.8 Å². The van der Waals surface area contributed by atoms with Crippen LogP contribution in [0.3, 0.4) is 0 Å². The van der Waals surface area contributed by atoms with Crippen LogP contribution in [-0.2, 0) is 4.74 Å². The van der Waals surface area contributed by atoms with Crippen molar-refractivity contribution < 1.29 is 57.6 Å². The summed E-state index contributed by atoms with van der Waals surface area (Å²) in [6, 6.07) is 39.2. The zero-order chi connectivity index (χ0) is 64.5. The van der Waals surface area contributed by atoms with Crippen molar-refractivity contribution >= 4 is 110 Å². The Labute approximate surface area is 544 Å². The number of ether oxygens (including phenoxy) is 4. The van der Waals surface area contributed by atoms with Crippen molar-refractivity contribution in [3.05, 3.63) is 184 Å². The van der Waals surface area contributed by atoms with Crippen molar-refractivity contribution in [2.75, 3.05) is 90.6 Å². The molecule has 2 aliphatic rings. The Bertz CT molecular complexity index is 3310. The highest BCUT2D eigenvalue weighted by molar-refractivity contribution is 5.99. The number of piperazine rings is 2. The summed E-state index contributed by atoms with van der Waals surface area (Å²) in [5, 5.41) is 19.5. The first-order chi connectivity index (χ1) is 42.3. The lowest BCUT2D eigenvalue weighted by molar-refractivity contribution is 0.0598. The second kappa shape index (κ2) is 42.0. The van der Waals surface area contributed by atoms with E-state index < -0.39 is 24.5 Å². The molecule has 17 N–H and O–H groups in total. The van der Waals surface area contributed by atoms with Gasteiger partial charge in [0.15, 0.2) is 0 Å². The summed E-state index contributed by atoms with van der Waals surface area (Å²) in [6.45, 7) is 5.68. The standard InChI is InChI=1S/C21H30N10O.C19H20N2O3.C10H10O4.C9H8O4.CH6N4.3ClH/c22-20(23)28-26-13-15-10-16(14-27-29-21(24)25)12-17(11-15)19(32)31-8-6-30(7-9-31)18-4-2-1-3-5-18;1-24-18-12-15(14-22)11-16(13-18)19(23)21-9-7-20(8-10-21)17-5-3-2-4-6-17;1-13-9-4-7(6-11)3-8(5-9)10(12)14-2;1-13-8-3-6(5-10)2-7(4-8)9(11)12;2-1(3)5-4;;;/h1-5,10-14,20-21,28-29H,6-9,22-25H2;2-6,11-14H,7-10H2,1H3;3-6H,1-2H3;2-5H,1H3,(H,11,12);4H2,(H4,2,3,5);3*1H/b26-13+,27-14+;;;;;;;. The number of anilines is 2. The van der Waals surface area contributed by atoms with Crippen molar-refractivity contribution in [3.8, 4) is 17.2 Å². The van der Waals surface area contributed by atoms with Gasteiger partial charge in [0.25, 0.3) is 11.8 Å². The largest absolute Gasteiger partial charge is 0.497 e. The molecule has 91 heavy (non-hydrogen) atoms. The summed E-state index contributed by atoms with van der Waals surface area (Å²) < 4.78 is 19.4. The maximum absolute atomic E-state index is 13.2. The van der Waals surface area contributed by atoms with E-state index in [1.54, 1.807) is 36.4 Å². The Morgan fingerprint density at radius 3 is 1.12 bits per heavy atom. The van der Waals surface area contributed by atoms with Crippen LogP contribution < -0.4 is 75.1 Å². The molecule has 0 spiro atoms. The highest BCUT2D eigenvalue weighted by atomic mass is 35.5. The van der Waals surface area contributed by atoms with E-state index in [9.17, 15) is 33.6 Å². The van der Waals surface area contributed by atoms with Crippen molar-refractivity contribution in [1.29, 1.82) is 0 Å². The van der Waals surface area contributed by atoms with Crippen LogP contribution in [0.5, 0.6) is 17.2 Å². The van der Waals surface area contributed by atoms with Crippen molar-refractivity contribution in [1.82, 2.24) is 20.7 Å². The lowest BCUT2D eigenvalue weighted by Crippen LogP contribution is -2.48. The van der Waals surface area contributed by atoms with Gasteiger partial charge in [0.05, 0.1) is 52.0 Å². The second-order valence-electron chi connectivity index (χ2n) is 18.6. The molecule has 0 radical (unpaired) electrons. The molecule has 0 unspecified atom stereocenters. The van der Waals surface area contributed by atoms with E-state index in [0.29, 0.717) is 94.9 Å². The SMILES string of the molecule is COC(=O)c1cc(C=O)cc(OC)c1.COc1cc(C=O)cc(C(=O)N2CCN(c3ccccc3)CC2)c1.COc1cc(C=O)cc(C(=O)O)c1.Cl.Cl.Cl.NC(N)N/N=C/c1cc(/C=N/NC(N)N)cc(C(=O)N2CCN(c3ccccc3)CC2)c1.NN=C(N)N. The predicted molar refractivity (Wildman–Crippen MR) is 357 cm³/mol. The van der Waals surface area contributed by atoms with E-state index in [4.69, 9.17) is 53.7 Å². The number of hydrogen-bond donors (Lipinski definition) is 10. The zero-order valence-electron chi connectivity index (χ0n) is 50.2. The average molecular weight is 1320 g/mol. The van der Waals surface area contributed by atoms with Crippen molar-refractivity contribution in [2.24, 2.45) is 55.5 Å². The number of carbonyl (C=O) groups excluding carboxylic acids is 6. The minimum Gasteiger partial charge on any atom is -0.497 e. The first-order valence-electron chi connectivity index (χ1n) is 26.7. The van der Waals surface area contributed by atoms with Gasteiger partial charge in [-0.2, -0.15) is 10.2 Å². The number of carboxylic acids is 1. The molecule has 2 heterocycles. The number of methoxy groups -OCH3 is 4. The van der Waals surface area contributed by atoms with Gasteiger partial charge in [0.1, 0.15) is 48.7 Å². The molecule has 2 saturated heterocycles. The minimum atomic E-state index is -1.08. The normalized spacial score (nSPS) is 12.1. The number of aromatic carboxylic acids is 1. The number of halogens is 3. The average Bonchev–Trinajstić information content (AvgIpc) is 2.42. The number of nitrogens with two attached hydrogens (primary N) is 7. The molecule has 0 bridgehead atoms. The fourth-order valence-electron chi connectivity index (χ4n) is 8.23. The number of carbonyl (C=O) groups is 7. The molecule has 28 nitrogen and oxygen atoms in total. The van der Waals surface area contributed by atoms with Gasteiger partial charge in [-0.1, -0.05) is 36.4 Å². The van der Waals surface area contributed by atoms with Crippen molar-refractivity contribution in [3.63, 3.8) is 0 Å². The number of rotatable bonds is 18. The fraction of sp³-hybridized carbons (Fsp3) is 0.233. The van der Waals surface area contributed by atoms with E-state index in [0.717, 1.165) is 38.2 Å². The van der Waals surface area contributed by atoms with Crippen LogP contribution in [0.4, 0.5) is 11.4 Å². The molecule has 31 heteroatoms. The van der Waals surface area contributed by atoms with Crippen LogP contribution in [0.1, 0.15) is 83.6 Å². The molecule has 2 amide bonds. The molecule has 6 aromatic rings. The first-order valence-corrected chi connectivity index (χ1v) is 26.7. The van der Waals surface area contributed by atoms with E-state index in [1.165, 1.54) is 76.9 Å². The third-order valence-electron chi connectivity index (χ3n) is 12.4. The van der Waals surface area contributed by atoms with Gasteiger partial charge in [-0.15, -0.1) is 42.3 Å². The van der Waals surface area contributed by atoms with Gasteiger partial charge in [0, 0.05) is 91.6 Å². The Morgan fingerprint density at radius 2 is 0.802 bits per heavy atom. The van der Waals surface area contributed by atoms with Crippen molar-refractivity contribution in [2.45, 2.75) is 12.6 Å². The highest BCUT2D eigenvalue weighted by Gasteiger charge is 2.25. The monoisotopic (exact) mass is 1320 g/mol. The van der Waals surface area contributed by atoms with Gasteiger partial charge in [0.2, 0.25) is 5.96 Å². The van der Waals surface area contributed by atoms with E-state index in [1.807, 2.05) is 52.3 Å². The van der Waals surface area contributed by atoms with Crippen LogP contribution in [0, 0.1) is 0 Å². The molecule has 8 rings (SSSR count). The molecule has 2 fully saturated rings. The summed E-state index contributed by atoms with van der Waals surface area (Å²) in [5.74, 6) is 4.05. The topological polar surface area (TPSA) is 433 Å². The number of aldehydes is 3. The van der Waals surface area contributed by atoms with Gasteiger partial charge < -0.3 is 61.0 Å². The molecule has 0 saturated carbocycles. The molecule has 0 aliphatic carbocycles. The predicted octanol–water partition coefficient (Wildman–Crippen LogP) is 3.27. The molecular formula is C60H77Cl3N16O12. The molecule has 0 aromatic heterocycles. The van der Waals surface area contributed by atoms with Crippen LogP contribution in [0.15, 0.2) is 149 Å². The Hall–Kier alpha value is -10.1. The number of para-hydroxylation sites is 2. The fourth-order valence-corrected chi connectivity index (χ4v) is 8.23. The van der Waals surface area contributed by atoms with E-state index in [2.05, 4.69) is 70.8 Å². The summed E-state index contributed by atoms with van der Waals surface area (Å²) >= 11 is 0. The lowest BCUT2D eigenvalue weighted by atomic mass is 10.1. The number of amides is 2. The summed E-state index contributed by atoms with van der Waals surface area (Å²) in [6.07, 6.45) is 3.46. The Balaban J connectivity index is 0.000000618. The number of carboxylic acid groups (broad SMARTS) is 1. The summed E-state index contributed by atoms with van der Waals surface area (Å²) in [5.41, 5.74) is 42.4. The molecule has 2 aliphatic heterocycles. The van der Waals surface area contributed by atoms with Gasteiger partial charge in [-0.05, 0) is 108 Å². The maximum atomic E-state index is 13.2. The summed E-state index contributed by atoms with van der Waals surface area (Å²) in [7, 11) is 5.68. The van der Waals surface area contributed by atoms with Crippen LogP contribution in [-0.4, -0.2) is 169 Å².